The zero-order valence-electron chi connectivity index (χ0n) is 17.0. The van der Waals surface area contributed by atoms with Gasteiger partial charge in [0.25, 0.3) is 0 Å². The normalized spacial score (nSPS) is 12.0. The van der Waals surface area contributed by atoms with Crippen molar-refractivity contribution < 1.29 is 30.0 Å². The van der Waals surface area contributed by atoms with E-state index >= 15 is 0 Å². The molecule has 0 aliphatic carbocycles. The van der Waals surface area contributed by atoms with E-state index in [1.807, 2.05) is 0 Å². The standard InChI is InChI=1S/C21H38O5.H2O/c1-2-3-4-5-6-7-8-9-10-11-12-13-14-15-16-17-20(24)26-21(25)19(23)18-22;/h9-10,19,22-23H,2-8,11-18H2,1H3;1H2/b10-9-;. The molecule has 0 bridgehead atoms. The van der Waals surface area contributed by atoms with E-state index in [1.165, 1.54) is 51.4 Å². The summed E-state index contributed by atoms with van der Waals surface area (Å²) in [5.74, 6) is -1.72. The van der Waals surface area contributed by atoms with Crippen molar-refractivity contribution in [3.05, 3.63) is 12.2 Å². The number of carbonyl (C=O) groups is 2. The van der Waals surface area contributed by atoms with Crippen molar-refractivity contribution in [2.45, 2.75) is 103 Å². The molecule has 6 nitrogen and oxygen atoms in total. The van der Waals surface area contributed by atoms with Crippen LogP contribution in [0.3, 0.4) is 0 Å². The van der Waals surface area contributed by atoms with Gasteiger partial charge in [-0.25, -0.2) is 4.79 Å². The van der Waals surface area contributed by atoms with Gasteiger partial charge in [-0.15, -0.1) is 0 Å². The van der Waals surface area contributed by atoms with E-state index < -0.39 is 24.6 Å². The van der Waals surface area contributed by atoms with E-state index in [9.17, 15) is 9.59 Å². The lowest BCUT2D eigenvalue weighted by atomic mass is 10.1. The van der Waals surface area contributed by atoms with Gasteiger partial charge in [0.05, 0.1) is 6.61 Å². The molecular formula is C21H40O6. The van der Waals surface area contributed by atoms with Gasteiger partial charge in [-0.05, 0) is 32.1 Å². The number of unbranched alkanes of at least 4 members (excludes halogenated alkanes) is 11. The summed E-state index contributed by atoms with van der Waals surface area (Å²) in [6.45, 7) is 1.51. The molecule has 6 heteroatoms. The summed E-state index contributed by atoms with van der Waals surface area (Å²) in [6.07, 6.45) is 18.4. The van der Waals surface area contributed by atoms with Crippen molar-refractivity contribution in [2.75, 3.05) is 6.61 Å². The Morgan fingerprint density at radius 1 is 0.852 bits per heavy atom. The summed E-state index contributed by atoms with van der Waals surface area (Å²) in [4.78, 5) is 22.4. The third-order valence-corrected chi connectivity index (χ3v) is 4.30. The van der Waals surface area contributed by atoms with Gasteiger partial charge in [-0.1, -0.05) is 70.4 Å². The largest absolute Gasteiger partial charge is 0.412 e. The first-order valence-corrected chi connectivity index (χ1v) is 10.3. The van der Waals surface area contributed by atoms with Crippen molar-refractivity contribution in [2.24, 2.45) is 0 Å². The maximum atomic E-state index is 11.4. The number of allylic oxidation sites excluding steroid dienone is 2. The molecule has 0 aromatic heterocycles. The molecule has 0 aliphatic heterocycles. The van der Waals surface area contributed by atoms with Crippen LogP contribution in [0.4, 0.5) is 0 Å². The van der Waals surface area contributed by atoms with Gasteiger partial charge in [0.15, 0.2) is 6.10 Å². The number of hydrogen-bond donors (Lipinski definition) is 2. The van der Waals surface area contributed by atoms with Crippen LogP contribution < -0.4 is 0 Å². The molecule has 0 aromatic carbocycles. The van der Waals surface area contributed by atoms with Crippen molar-refractivity contribution in [1.29, 1.82) is 0 Å². The minimum atomic E-state index is -1.63. The molecule has 0 spiro atoms. The molecule has 27 heavy (non-hydrogen) atoms. The van der Waals surface area contributed by atoms with Gasteiger partial charge in [0.1, 0.15) is 0 Å². The maximum Gasteiger partial charge on any atom is 0.345 e. The number of ether oxygens (including phenoxy) is 1. The highest BCUT2D eigenvalue weighted by molar-refractivity contribution is 5.87. The highest BCUT2D eigenvalue weighted by Gasteiger charge is 2.18. The number of hydrogen-bond acceptors (Lipinski definition) is 5. The first-order valence-electron chi connectivity index (χ1n) is 10.3. The summed E-state index contributed by atoms with van der Waals surface area (Å²) < 4.78 is 4.43. The Balaban J connectivity index is 0. The Morgan fingerprint density at radius 2 is 1.33 bits per heavy atom. The van der Waals surface area contributed by atoms with Gasteiger partial charge >= 0.3 is 11.9 Å². The third kappa shape index (κ3) is 19.3. The second-order valence-electron chi connectivity index (χ2n) is 6.83. The average molecular weight is 389 g/mol. The van der Waals surface area contributed by atoms with Crippen LogP contribution >= 0.6 is 0 Å². The van der Waals surface area contributed by atoms with Gasteiger partial charge in [-0.3, -0.25) is 4.79 Å². The number of aliphatic hydroxyl groups is 2. The highest BCUT2D eigenvalue weighted by Crippen LogP contribution is 2.10. The topological polar surface area (TPSA) is 115 Å². The summed E-state index contributed by atoms with van der Waals surface area (Å²) in [6, 6.07) is 0. The number of esters is 2. The summed E-state index contributed by atoms with van der Waals surface area (Å²) in [5, 5.41) is 17.6. The lowest BCUT2D eigenvalue weighted by Crippen LogP contribution is -2.28. The SMILES string of the molecule is CCCCCCCC/C=C\CCCCCCCC(=O)OC(=O)C(O)CO.O. The fraction of sp³-hybridized carbons (Fsp3) is 0.810. The number of carbonyl (C=O) groups excluding carboxylic acids is 2. The molecule has 0 aromatic rings. The Labute approximate surface area is 164 Å². The Hall–Kier alpha value is -1.24. The summed E-state index contributed by atoms with van der Waals surface area (Å²) in [5.41, 5.74) is 0. The van der Waals surface area contributed by atoms with Crippen molar-refractivity contribution in [1.82, 2.24) is 0 Å². The smallest absolute Gasteiger partial charge is 0.345 e. The van der Waals surface area contributed by atoms with E-state index in [2.05, 4.69) is 23.8 Å². The van der Waals surface area contributed by atoms with Gasteiger partial charge in [0, 0.05) is 6.42 Å². The molecule has 160 valence electrons. The Morgan fingerprint density at radius 3 is 1.85 bits per heavy atom. The van der Waals surface area contributed by atoms with Crippen LogP contribution in [0.15, 0.2) is 12.2 Å². The van der Waals surface area contributed by atoms with E-state index in [-0.39, 0.29) is 11.9 Å². The highest BCUT2D eigenvalue weighted by atomic mass is 16.6. The molecule has 0 rings (SSSR count). The quantitative estimate of drug-likeness (QED) is 0.171. The first-order chi connectivity index (χ1) is 12.6. The zero-order valence-corrected chi connectivity index (χ0v) is 17.0. The molecular weight excluding hydrogens is 348 g/mol. The molecule has 0 amide bonds. The van der Waals surface area contributed by atoms with Crippen LogP contribution in [-0.2, 0) is 14.3 Å². The molecule has 0 aliphatic rings. The number of rotatable bonds is 17. The van der Waals surface area contributed by atoms with E-state index in [0.29, 0.717) is 6.42 Å². The molecule has 0 saturated heterocycles. The predicted octanol–water partition coefficient (Wildman–Crippen LogP) is 3.62. The van der Waals surface area contributed by atoms with Gasteiger partial charge < -0.3 is 20.4 Å². The van der Waals surface area contributed by atoms with Crippen molar-refractivity contribution >= 4 is 11.9 Å². The van der Waals surface area contributed by atoms with Gasteiger partial charge in [-0.2, -0.15) is 0 Å². The molecule has 0 radical (unpaired) electrons. The fourth-order valence-electron chi connectivity index (χ4n) is 2.65. The fourth-order valence-corrected chi connectivity index (χ4v) is 2.65. The van der Waals surface area contributed by atoms with Crippen LogP contribution in [0, 0.1) is 0 Å². The molecule has 1 unspecified atom stereocenters. The second kappa shape index (κ2) is 21.1. The maximum absolute atomic E-state index is 11.4. The molecule has 0 heterocycles. The lowest BCUT2D eigenvalue weighted by Gasteiger charge is -2.06. The minimum Gasteiger partial charge on any atom is -0.412 e. The molecule has 1 atom stereocenters. The molecule has 0 saturated carbocycles. The summed E-state index contributed by atoms with van der Waals surface area (Å²) in [7, 11) is 0. The molecule has 0 fully saturated rings. The van der Waals surface area contributed by atoms with Crippen LogP contribution in [-0.4, -0.2) is 40.3 Å². The van der Waals surface area contributed by atoms with Crippen molar-refractivity contribution in [3.8, 4) is 0 Å². The van der Waals surface area contributed by atoms with E-state index in [4.69, 9.17) is 10.2 Å². The van der Waals surface area contributed by atoms with Crippen LogP contribution in [0.25, 0.3) is 0 Å². The first kappa shape index (κ1) is 28.0. The monoisotopic (exact) mass is 388 g/mol. The van der Waals surface area contributed by atoms with Crippen molar-refractivity contribution in [3.63, 3.8) is 0 Å². The Kier molecular flexibility index (Phi) is 21.8. The third-order valence-electron chi connectivity index (χ3n) is 4.30. The zero-order chi connectivity index (χ0) is 19.5. The van der Waals surface area contributed by atoms with Crippen LogP contribution in [0.2, 0.25) is 0 Å². The summed E-state index contributed by atoms with van der Waals surface area (Å²) >= 11 is 0. The minimum absolute atomic E-state index is 0. The van der Waals surface area contributed by atoms with Crippen LogP contribution in [0.1, 0.15) is 96.8 Å². The van der Waals surface area contributed by atoms with Gasteiger partial charge in [0.2, 0.25) is 0 Å². The van der Waals surface area contributed by atoms with E-state index in [1.54, 1.807) is 0 Å². The molecule has 4 N–H and O–H groups in total. The number of aliphatic hydroxyl groups excluding tert-OH is 2. The predicted molar refractivity (Wildman–Crippen MR) is 107 cm³/mol. The Bertz CT molecular complexity index is 381. The lowest BCUT2D eigenvalue weighted by molar-refractivity contribution is -0.167. The van der Waals surface area contributed by atoms with Crippen LogP contribution in [0.5, 0.6) is 0 Å². The average Bonchev–Trinajstić information content (AvgIpc) is 2.64. The second-order valence-corrected chi connectivity index (χ2v) is 6.83. The van der Waals surface area contributed by atoms with E-state index in [0.717, 1.165) is 25.7 Å².